The van der Waals surface area contributed by atoms with Crippen molar-refractivity contribution >= 4 is 22.6 Å². The molecule has 0 spiro atoms. The highest BCUT2D eigenvalue weighted by Crippen LogP contribution is 2.44. The first-order valence-electron chi connectivity index (χ1n) is 12.8. The Labute approximate surface area is 222 Å². The molecule has 0 saturated carbocycles. The molecule has 4 aromatic carbocycles. The highest BCUT2D eigenvalue weighted by Gasteiger charge is 2.28. The van der Waals surface area contributed by atoms with Crippen LogP contribution in [-0.2, 0) is 4.79 Å². The van der Waals surface area contributed by atoms with Crippen molar-refractivity contribution in [1.82, 2.24) is 5.32 Å². The molecule has 1 amide bonds. The van der Waals surface area contributed by atoms with Crippen molar-refractivity contribution in [3.05, 3.63) is 113 Å². The Hall–Kier alpha value is -4.19. The number of ether oxygens (including phenoxy) is 1. The molecule has 0 aliphatic carbocycles. The van der Waals surface area contributed by atoms with Crippen LogP contribution >= 0.6 is 0 Å². The third kappa shape index (κ3) is 6.02. The zero-order chi connectivity index (χ0) is 27.1. The number of halogens is 1. The van der Waals surface area contributed by atoms with Gasteiger partial charge in [0.15, 0.2) is 0 Å². The number of carbonyl (C=O) groups excluding carboxylic acids is 1. The molecule has 0 aliphatic rings. The summed E-state index contributed by atoms with van der Waals surface area (Å²) in [6.45, 7) is 2.22. The van der Waals surface area contributed by atoms with E-state index in [1.54, 1.807) is 25.3 Å². The molecule has 4 aromatic rings. The van der Waals surface area contributed by atoms with Gasteiger partial charge in [0.05, 0.1) is 13.5 Å². The summed E-state index contributed by atoms with van der Waals surface area (Å²) in [5, 5.41) is 12.9. The summed E-state index contributed by atoms with van der Waals surface area (Å²) in [5.74, 6) is -0.750. The van der Waals surface area contributed by atoms with E-state index in [-0.39, 0.29) is 36.5 Å². The van der Waals surface area contributed by atoms with Crippen LogP contribution in [0, 0.1) is 5.82 Å². The maximum absolute atomic E-state index is 14.8. The number of carbonyl (C=O) groups is 2. The lowest BCUT2D eigenvalue weighted by molar-refractivity contribution is -0.136. The molecule has 0 bridgehead atoms. The summed E-state index contributed by atoms with van der Waals surface area (Å²) in [5.41, 5.74) is 3.68. The molecule has 0 radical (unpaired) electrons. The summed E-state index contributed by atoms with van der Waals surface area (Å²) < 4.78 is 20.2. The first kappa shape index (κ1) is 26.9. The van der Waals surface area contributed by atoms with Crippen molar-refractivity contribution in [3.63, 3.8) is 0 Å². The van der Waals surface area contributed by atoms with Crippen LogP contribution in [0.1, 0.15) is 65.1 Å². The fourth-order valence-electron chi connectivity index (χ4n) is 5.10. The molecular formula is C32H32FNO4. The van der Waals surface area contributed by atoms with Gasteiger partial charge in [0.2, 0.25) is 0 Å². The number of rotatable bonds is 11. The van der Waals surface area contributed by atoms with E-state index in [4.69, 9.17) is 9.84 Å². The predicted octanol–water partition coefficient (Wildman–Crippen LogP) is 6.91. The van der Waals surface area contributed by atoms with Crippen LogP contribution in [0.4, 0.5) is 4.39 Å². The van der Waals surface area contributed by atoms with Crippen LogP contribution in [0.5, 0.6) is 5.75 Å². The second kappa shape index (κ2) is 12.4. The van der Waals surface area contributed by atoms with E-state index in [9.17, 15) is 14.0 Å². The normalized spacial score (nSPS) is 12.6. The second-order valence-electron chi connectivity index (χ2n) is 9.35. The molecule has 4 rings (SSSR count). The SMILES string of the molecule is CCCC(c1ccc(C(=O)NCCC(=O)O)cc1)C(c1ccc(OC)cc1)c1ccc(F)c2ccccc12. The molecule has 0 aromatic heterocycles. The molecule has 0 aliphatic heterocycles. The largest absolute Gasteiger partial charge is 0.497 e. The van der Waals surface area contributed by atoms with E-state index in [1.165, 1.54) is 0 Å². The number of benzene rings is 4. The molecule has 0 saturated heterocycles. The molecule has 0 fully saturated rings. The molecule has 2 atom stereocenters. The van der Waals surface area contributed by atoms with Crippen LogP contribution in [0.2, 0.25) is 0 Å². The maximum Gasteiger partial charge on any atom is 0.305 e. The monoisotopic (exact) mass is 513 g/mol. The highest BCUT2D eigenvalue weighted by atomic mass is 19.1. The summed E-state index contributed by atoms with van der Waals surface area (Å²) in [7, 11) is 1.64. The average Bonchev–Trinajstić information content (AvgIpc) is 2.94. The molecule has 2 N–H and O–H groups in total. The van der Waals surface area contributed by atoms with Crippen molar-refractivity contribution in [2.24, 2.45) is 0 Å². The van der Waals surface area contributed by atoms with Gasteiger partial charge in [-0.3, -0.25) is 9.59 Å². The number of hydrogen-bond acceptors (Lipinski definition) is 3. The summed E-state index contributed by atoms with van der Waals surface area (Å²) in [6.07, 6.45) is 1.69. The van der Waals surface area contributed by atoms with Crippen LogP contribution in [0.3, 0.4) is 0 Å². The standard InChI is InChI=1S/C32H32FNO4/c1-3-6-25(21-9-11-23(12-10-21)32(37)34-20-19-30(35)36)31(22-13-15-24(38-2)16-14-22)28-17-18-29(33)27-8-5-4-7-26(27)28/h4-5,7-18,25,31H,3,6,19-20H2,1-2H3,(H,34,37)(H,35,36). The Balaban J connectivity index is 1.77. The number of methoxy groups -OCH3 is 1. The van der Waals surface area contributed by atoms with E-state index >= 15 is 0 Å². The third-order valence-corrected chi connectivity index (χ3v) is 6.94. The van der Waals surface area contributed by atoms with Crippen molar-refractivity contribution in [2.45, 2.75) is 38.0 Å². The third-order valence-electron chi connectivity index (χ3n) is 6.94. The summed E-state index contributed by atoms with van der Waals surface area (Å²) >= 11 is 0. The van der Waals surface area contributed by atoms with Gasteiger partial charge < -0.3 is 15.2 Å². The quantitative estimate of drug-likeness (QED) is 0.229. The summed E-state index contributed by atoms with van der Waals surface area (Å²) in [6, 6.07) is 26.5. The van der Waals surface area contributed by atoms with Gasteiger partial charge in [-0.15, -0.1) is 0 Å². The van der Waals surface area contributed by atoms with Gasteiger partial charge in [-0.05, 0) is 64.7 Å². The summed E-state index contributed by atoms with van der Waals surface area (Å²) in [4.78, 5) is 23.3. The minimum atomic E-state index is -0.957. The molecular weight excluding hydrogens is 481 g/mol. The number of carboxylic acids is 1. The molecule has 6 heteroatoms. The van der Waals surface area contributed by atoms with Gasteiger partial charge in [-0.1, -0.05) is 67.9 Å². The van der Waals surface area contributed by atoms with Crippen molar-refractivity contribution in [1.29, 1.82) is 0 Å². The van der Waals surface area contributed by atoms with E-state index in [1.807, 2.05) is 54.6 Å². The smallest absolute Gasteiger partial charge is 0.305 e. The Morgan fingerprint density at radius 3 is 2.18 bits per heavy atom. The fraction of sp³-hybridized carbons (Fsp3) is 0.250. The number of carboxylic acid groups (broad SMARTS) is 1. The van der Waals surface area contributed by atoms with Crippen LogP contribution in [-0.4, -0.2) is 30.6 Å². The molecule has 2 unspecified atom stereocenters. The van der Waals surface area contributed by atoms with E-state index in [0.717, 1.165) is 40.7 Å². The van der Waals surface area contributed by atoms with E-state index in [2.05, 4.69) is 24.4 Å². The second-order valence-corrected chi connectivity index (χ2v) is 9.35. The number of hydrogen-bond donors (Lipinski definition) is 2. The molecule has 196 valence electrons. The van der Waals surface area contributed by atoms with Crippen molar-refractivity contribution in [3.8, 4) is 5.75 Å². The Kier molecular flexibility index (Phi) is 8.74. The Morgan fingerprint density at radius 1 is 0.895 bits per heavy atom. The van der Waals surface area contributed by atoms with Gasteiger partial charge in [-0.25, -0.2) is 4.39 Å². The van der Waals surface area contributed by atoms with Crippen LogP contribution in [0.25, 0.3) is 10.8 Å². The maximum atomic E-state index is 14.8. The van der Waals surface area contributed by atoms with Gasteiger partial charge in [-0.2, -0.15) is 0 Å². The van der Waals surface area contributed by atoms with Crippen LogP contribution < -0.4 is 10.1 Å². The lowest BCUT2D eigenvalue weighted by atomic mass is 9.74. The number of amides is 1. The topological polar surface area (TPSA) is 75.6 Å². The zero-order valence-corrected chi connectivity index (χ0v) is 21.6. The Morgan fingerprint density at radius 2 is 1.55 bits per heavy atom. The highest BCUT2D eigenvalue weighted by molar-refractivity contribution is 5.94. The molecule has 38 heavy (non-hydrogen) atoms. The van der Waals surface area contributed by atoms with Crippen molar-refractivity contribution < 1.29 is 23.8 Å². The minimum Gasteiger partial charge on any atom is -0.497 e. The number of nitrogens with one attached hydrogen (secondary N) is 1. The average molecular weight is 514 g/mol. The Bertz CT molecular complexity index is 1400. The lowest BCUT2D eigenvalue weighted by Gasteiger charge is -2.30. The predicted molar refractivity (Wildman–Crippen MR) is 147 cm³/mol. The number of fused-ring (bicyclic) bond motifs is 1. The first-order chi connectivity index (χ1) is 18.4. The van der Waals surface area contributed by atoms with E-state index < -0.39 is 5.97 Å². The fourth-order valence-corrected chi connectivity index (χ4v) is 5.10. The van der Waals surface area contributed by atoms with Crippen LogP contribution in [0.15, 0.2) is 84.9 Å². The first-order valence-corrected chi connectivity index (χ1v) is 12.8. The number of aliphatic carboxylic acids is 1. The van der Waals surface area contributed by atoms with Gasteiger partial charge in [0.1, 0.15) is 11.6 Å². The molecule has 0 heterocycles. The minimum absolute atomic E-state index is 0.0615. The van der Waals surface area contributed by atoms with Gasteiger partial charge in [0.25, 0.3) is 5.91 Å². The van der Waals surface area contributed by atoms with Crippen molar-refractivity contribution in [2.75, 3.05) is 13.7 Å². The lowest BCUT2D eigenvalue weighted by Crippen LogP contribution is -2.26. The zero-order valence-electron chi connectivity index (χ0n) is 21.6. The van der Waals surface area contributed by atoms with Gasteiger partial charge >= 0.3 is 5.97 Å². The molecule has 5 nitrogen and oxygen atoms in total. The van der Waals surface area contributed by atoms with Gasteiger partial charge in [0, 0.05) is 23.4 Å². The van der Waals surface area contributed by atoms with E-state index in [0.29, 0.717) is 10.9 Å².